The average Bonchev–Trinajstić information content (AvgIpc) is 3.57. The van der Waals surface area contributed by atoms with Gasteiger partial charge in [-0.25, -0.2) is 15.0 Å². The normalized spacial score (nSPS) is 11.3. The first-order valence-corrected chi connectivity index (χ1v) is 11.1. The van der Waals surface area contributed by atoms with Crippen molar-refractivity contribution in [2.75, 3.05) is 0 Å². The molecule has 0 aliphatic heterocycles. The third kappa shape index (κ3) is 3.11. The van der Waals surface area contributed by atoms with Crippen LogP contribution >= 0.6 is 11.3 Å². The van der Waals surface area contributed by atoms with E-state index < -0.39 is 0 Å². The molecule has 6 nitrogen and oxygen atoms in total. The van der Waals surface area contributed by atoms with Crippen LogP contribution in [-0.2, 0) is 0 Å². The van der Waals surface area contributed by atoms with Crippen molar-refractivity contribution in [3.63, 3.8) is 0 Å². The highest BCUT2D eigenvalue weighted by atomic mass is 32.1. The summed E-state index contributed by atoms with van der Waals surface area (Å²) in [6, 6.07) is 24.7. The van der Waals surface area contributed by atoms with Crippen molar-refractivity contribution >= 4 is 17.0 Å². The molecule has 2 aromatic carbocycles. The Morgan fingerprint density at radius 3 is 2.28 bits per heavy atom. The molecule has 0 spiro atoms. The van der Waals surface area contributed by atoms with Crippen molar-refractivity contribution in [1.29, 1.82) is 0 Å². The van der Waals surface area contributed by atoms with Crippen molar-refractivity contribution in [2.24, 2.45) is 0 Å². The zero-order valence-electron chi connectivity index (χ0n) is 17.2. The molecule has 7 heteroatoms. The van der Waals surface area contributed by atoms with Crippen LogP contribution in [0.25, 0.3) is 49.4 Å². The van der Waals surface area contributed by atoms with Crippen LogP contribution in [0, 0.1) is 6.92 Å². The largest absolute Gasteiger partial charge is 0.297 e. The number of aromatic nitrogens is 6. The second kappa shape index (κ2) is 7.55. The lowest BCUT2D eigenvalue weighted by Gasteiger charge is -2.05. The average molecular weight is 435 g/mol. The van der Waals surface area contributed by atoms with Crippen LogP contribution in [0.3, 0.4) is 0 Å². The van der Waals surface area contributed by atoms with E-state index in [1.807, 2.05) is 31.2 Å². The van der Waals surface area contributed by atoms with Gasteiger partial charge in [0.25, 0.3) is 0 Å². The highest BCUT2D eigenvalue weighted by Crippen LogP contribution is 2.40. The number of thiazole rings is 1. The molecule has 0 saturated heterocycles. The first kappa shape index (κ1) is 18.7. The van der Waals surface area contributed by atoms with Crippen LogP contribution in [-0.4, -0.2) is 29.5 Å². The molecule has 6 aromatic rings. The second-order valence-electron chi connectivity index (χ2n) is 7.44. The van der Waals surface area contributed by atoms with Gasteiger partial charge in [0.2, 0.25) is 0 Å². The molecule has 32 heavy (non-hydrogen) atoms. The fourth-order valence-electron chi connectivity index (χ4n) is 3.90. The fourth-order valence-corrected chi connectivity index (χ4v) is 5.03. The molecule has 4 aromatic heterocycles. The number of nitrogens with zero attached hydrogens (tertiary/aromatic N) is 5. The topological polar surface area (TPSA) is 71.8 Å². The van der Waals surface area contributed by atoms with Gasteiger partial charge >= 0.3 is 0 Å². The predicted molar refractivity (Wildman–Crippen MR) is 127 cm³/mol. The van der Waals surface area contributed by atoms with Gasteiger partial charge in [-0.05, 0) is 30.2 Å². The van der Waals surface area contributed by atoms with Crippen LogP contribution in [0.5, 0.6) is 0 Å². The first-order valence-electron chi connectivity index (χ1n) is 10.2. The molecule has 154 valence electrons. The molecule has 0 aliphatic carbocycles. The lowest BCUT2D eigenvalue weighted by molar-refractivity contribution is 1.10. The van der Waals surface area contributed by atoms with Crippen molar-refractivity contribution in [2.45, 2.75) is 6.92 Å². The van der Waals surface area contributed by atoms with Gasteiger partial charge in [0, 0.05) is 11.8 Å². The van der Waals surface area contributed by atoms with E-state index in [0.29, 0.717) is 5.82 Å². The summed E-state index contributed by atoms with van der Waals surface area (Å²) < 4.78 is 2.13. The molecule has 0 radical (unpaired) electrons. The van der Waals surface area contributed by atoms with Crippen LogP contribution in [0.15, 0.2) is 85.3 Å². The number of benzene rings is 2. The van der Waals surface area contributed by atoms with Gasteiger partial charge in [-0.3, -0.25) is 9.50 Å². The molecule has 0 bridgehead atoms. The van der Waals surface area contributed by atoms with E-state index in [1.165, 1.54) is 0 Å². The minimum atomic E-state index is 0.643. The highest BCUT2D eigenvalue weighted by Gasteiger charge is 2.22. The van der Waals surface area contributed by atoms with Gasteiger partial charge in [-0.2, -0.15) is 5.10 Å². The number of fused-ring (bicyclic) bond motifs is 1. The van der Waals surface area contributed by atoms with Gasteiger partial charge in [-0.1, -0.05) is 60.7 Å². The number of imidazole rings is 1. The van der Waals surface area contributed by atoms with Crippen LogP contribution in [0.1, 0.15) is 5.69 Å². The Hall–Kier alpha value is -4.10. The molecular weight excluding hydrogens is 416 g/mol. The lowest BCUT2D eigenvalue weighted by Crippen LogP contribution is -1.91. The van der Waals surface area contributed by atoms with E-state index >= 15 is 0 Å². The molecule has 4 heterocycles. The summed E-state index contributed by atoms with van der Waals surface area (Å²) in [5.74, 6) is 0.643. The Bertz CT molecular complexity index is 1520. The molecule has 0 fully saturated rings. The first-order chi connectivity index (χ1) is 15.8. The van der Waals surface area contributed by atoms with Gasteiger partial charge in [-0.15, -0.1) is 11.3 Å². The van der Waals surface area contributed by atoms with E-state index in [9.17, 15) is 0 Å². The summed E-state index contributed by atoms with van der Waals surface area (Å²) in [7, 11) is 0. The van der Waals surface area contributed by atoms with Crippen molar-refractivity contribution in [3.05, 3.63) is 91.0 Å². The lowest BCUT2D eigenvalue weighted by atomic mass is 10.1. The number of hydrogen-bond donors (Lipinski definition) is 1. The summed E-state index contributed by atoms with van der Waals surface area (Å²) in [5, 5.41) is 8.02. The molecule has 0 atom stereocenters. The third-order valence-electron chi connectivity index (χ3n) is 5.40. The van der Waals surface area contributed by atoms with E-state index in [-0.39, 0.29) is 0 Å². The van der Waals surface area contributed by atoms with E-state index in [2.05, 4.69) is 74.3 Å². The molecule has 1 N–H and O–H groups in total. The Morgan fingerprint density at radius 2 is 1.56 bits per heavy atom. The Balaban J connectivity index is 1.57. The standard InChI is InChI=1S/C25H18N6S/c1-16-22(31-14-19(12-13-20(31)28-16)17-8-4-2-5-9-17)25-29-21(18-10-6-3-7-11-18)23(32-25)24-26-15-27-30-24/h2-15H,1H3,(H,26,27,30). The fraction of sp³-hybridized carbons (Fsp3) is 0.0400. The molecule has 0 amide bonds. The summed E-state index contributed by atoms with van der Waals surface area (Å²) in [4.78, 5) is 15.2. The van der Waals surface area contributed by atoms with E-state index in [4.69, 9.17) is 9.97 Å². The molecule has 6 rings (SSSR count). The predicted octanol–water partition coefficient (Wildman–Crippen LogP) is 5.89. The summed E-state index contributed by atoms with van der Waals surface area (Å²) in [6.07, 6.45) is 3.73. The number of pyridine rings is 1. The van der Waals surface area contributed by atoms with Gasteiger partial charge in [0.1, 0.15) is 27.6 Å². The smallest absolute Gasteiger partial charge is 0.193 e. The van der Waals surface area contributed by atoms with Gasteiger partial charge in [0.15, 0.2) is 5.82 Å². The summed E-state index contributed by atoms with van der Waals surface area (Å²) in [5.41, 5.74) is 7.02. The molecule has 0 aliphatic rings. The minimum Gasteiger partial charge on any atom is -0.297 e. The molecular formula is C25H18N6S. The zero-order chi connectivity index (χ0) is 21.5. The quantitative estimate of drug-likeness (QED) is 0.376. The molecule has 0 unspecified atom stereocenters. The Morgan fingerprint density at radius 1 is 0.812 bits per heavy atom. The van der Waals surface area contributed by atoms with Crippen LogP contribution < -0.4 is 0 Å². The number of aryl methyl sites for hydroxylation is 1. The minimum absolute atomic E-state index is 0.643. The number of aromatic amines is 1. The summed E-state index contributed by atoms with van der Waals surface area (Å²) >= 11 is 1.58. The monoisotopic (exact) mass is 434 g/mol. The van der Waals surface area contributed by atoms with Gasteiger partial charge in [0.05, 0.1) is 11.4 Å². The van der Waals surface area contributed by atoms with E-state index in [1.54, 1.807) is 17.7 Å². The second-order valence-corrected chi connectivity index (χ2v) is 8.44. The van der Waals surface area contributed by atoms with Crippen LogP contribution in [0.4, 0.5) is 0 Å². The number of nitrogens with one attached hydrogen (secondary N) is 1. The summed E-state index contributed by atoms with van der Waals surface area (Å²) in [6.45, 7) is 2.03. The maximum Gasteiger partial charge on any atom is 0.193 e. The Labute approximate surface area is 188 Å². The maximum atomic E-state index is 5.06. The van der Waals surface area contributed by atoms with E-state index in [0.717, 1.165) is 49.3 Å². The van der Waals surface area contributed by atoms with Crippen molar-refractivity contribution < 1.29 is 0 Å². The number of H-pyrrole nitrogens is 1. The van der Waals surface area contributed by atoms with Crippen molar-refractivity contribution in [1.82, 2.24) is 29.5 Å². The Kier molecular flexibility index (Phi) is 4.40. The highest BCUT2D eigenvalue weighted by molar-refractivity contribution is 7.18. The number of rotatable bonds is 4. The maximum absolute atomic E-state index is 5.06. The zero-order valence-corrected chi connectivity index (χ0v) is 18.0. The number of hydrogen-bond acceptors (Lipinski definition) is 5. The van der Waals surface area contributed by atoms with Crippen molar-refractivity contribution in [3.8, 4) is 43.8 Å². The third-order valence-corrected chi connectivity index (χ3v) is 6.45. The van der Waals surface area contributed by atoms with Gasteiger partial charge < -0.3 is 0 Å². The SMILES string of the molecule is Cc1nc2ccc(-c3ccccc3)cn2c1-c1nc(-c2ccccc2)c(-c2nc[nH]n2)s1. The van der Waals surface area contributed by atoms with Crippen LogP contribution in [0.2, 0.25) is 0 Å². The molecule has 0 saturated carbocycles.